The van der Waals surface area contributed by atoms with Gasteiger partial charge in [0.25, 0.3) is 5.91 Å². The van der Waals surface area contributed by atoms with Gasteiger partial charge in [-0.15, -0.1) is 10.2 Å². The van der Waals surface area contributed by atoms with Gasteiger partial charge in [-0.3, -0.25) is 9.78 Å². The highest BCUT2D eigenvalue weighted by Crippen LogP contribution is 2.24. The molecule has 0 aliphatic carbocycles. The second-order valence-electron chi connectivity index (χ2n) is 5.99. The van der Waals surface area contributed by atoms with E-state index in [1.807, 2.05) is 30.3 Å². The van der Waals surface area contributed by atoms with Crippen molar-refractivity contribution in [2.24, 2.45) is 0 Å². The molecular weight excluding hydrogens is 383 g/mol. The lowest BCUT2D eigenvalue weighted by molar-refractivity contribution is 0.102. The zero-order valence-corrected chi connectivity index (χ0v) is 14.7. The van der Waals surface area contributed by atoms with E-state index >= 15 is 0 Å². The van der Waals surface area contributed by atoms with Crippen molar-refractivity contribution < 1.29 is 18.0 Å². The summed E-state index contributed by atoms with van der Waals surface area (Å²) >= 11 is 0. The Balaban J connectivity index is 1.52. The molecule has 0 fully saturated rings. The molecule has 0 radical (unpaired) electrons. The van der Waals surface area contributed by atoms with Gasteiger partial charge < -0.3 is 10.6 Å². The predicted molar refractivity (Wildman–Crippen MR) is 101 cm³/mol. The van der Waals surface area contributed by atoms with Crippen molar-refractivity contribution >= 4 is 34.0 Å². The summed E-state index contributed by atoms with van der Waals surface area (Å²) < 4.78 is 39.9. The molecule has 0 saturated heterocycles. The summed E-state index contributed by atoms with van der Waals surface area (Å²) in [5.41, 5.74) is 0.821. The zero-order chi connectivity index (χ0) is 20.4. The molecule has 0 bridgehead atoms. The molecule has 0 unspecified atom stereocenters. The zero-order valence-electron chi connectivity index (χ0n) is 14.7. The third kappa shape index (κ3) is 3.70. The number of pyridine rings is 1. The fourth-order valence-electron chi connectivity index (χ4n) is 2.67. The van der Waals surface area contributed by atoms with Crippen molar-refractivity contribution in [2.45, 2.75) is 0 Å². The van der Waals surface area contributed by atoms with Gasteiger partial charge in [-0.25, -0.2) is 13.2 Å². The van der Waals surface area contributed by atoms with Gasteiger partial charge in [-0.05, 0) is 36.4 Å². The molecule has 0 aliphatic rings. The van der Waals surface area contributed by atoms with Gasteiger partial charge in [0.05, 0.1) is 16.9 Å². The Hall–Kier alpha value is -4.01. The van der Waals surface area contributed by atoms with Crippen LogP contribution in [0.1, 0.15) is 10.5 Å². The minimum absolute atomic E-state index is 0.129. The van der Waals surface area contributed by atoms with Gasteiger partial charge in [0.2, 0.25) is 0 Å². The Labute approximate surface area is 162 Å². The first-order valence-electron chi connectivity index (χ1n) is 8.42. The highest BCUT2D eigenvalue weighted by atomic mass is 19.2. The van der Waals surface area contributed by atoms with Gasteiger partial charge in [0, 0.05) is 11.6 Å². The number of benzene rings is 2. The number of amides is 1. The predicted octanol–water partition coefficient (Wildman–Crippen LogP) is 4.44. The molecule has 2 aromatic heterocycles. The molecule has 9 heteroatoms. The van der Waals surface area contributed by atoms with Crippen LogP contribution in [0.5, 0.6) is 0 Å². The third-order valence-corrected chi connectivity index (χ3v) is 4.08. The second-order valence-corrected chi connectivity index (χ2v) is 5.99. The number of hydrogen-bond acceptors (Lipinski definition) is 5. The van der Waals surface area contributed by atoms with Crippen LogP contribution in [0.25, 0.3) is 10.9 Å². The molecule has 6 nitrogen and oxygen atoms in total. The molecule has 0 atom stereocenters. The maximum atomic E-state index is 13.7. The van der Waals surface area contributed by atoms with Gasteiger partial charge in [-0.1, -0.05) is 18.2 Å². The van der Waals surface area contributed by atoms with Crippen molar-refractivity contribution in [1.82, 2.24) is 15.2 Å². The van der Waals surface area contributed by atoms with Crippen LogP contribution in [0.2, 0.25) is 0 Å². The van der Waals surface area contributed by atoms with Gasteiger partial charge in [0.15, 0.2) is 29.0 Å². The first kappa shape index (κ1) is 18.4. The lowest BCUT2D eigenvalue weighted by atomic mass is 10.2. The molecular formula is C20H12F3N5O. The Morgan fingerprint density at radius 2 is 1.66 bits per heavy atom. The average Bonchev–Trinajstić information content (AvgIpc) is 2.75. The number of carbonyl (C=O) groups is 1. The molecule has 4 rings (SSSR count). The van der Waals surface area contributed by atoms with Gasteiger partial charge in [-0.2, -0.15) is 0 Å². The summed E-state index contributed by atoms with van der Waals surface area (Å²) in [6.07, 6.45) is 1.67. The molecule has 1 amide bonds. The van der Waals surface area contributed by atoms with Crippen LogP contribution >= 0.6 is 0 Å². The molecule has 4 aromatic rings. The quantitative estimate of drug-likeness (QED) is 0.500. The highest BCUT2D eigenvalue weighted by Gasteiger charge is 2.17. The minimum Gasteiger partial charge on any atom is -0.337 e. The third-order valence-electron chi connectivity index (χ3n) is 4.08. The fourth-order valence-corrected chi connectivity index (χ4v) is 2.67. The molecule has 0 aliphatic heterocycles. The summed E-state index contributed by atoms with van der Waals surface area (Å²) in [4.78, 5) is 16.5. The van der Waals surface area contributed by atoms with Gasteiger partial charge in [0.1, 0.15) is 0 Å². The number of nitrogens with zero attached hydrogens (tertiary/aromatic N) is 3. The van der Waals surface area contributed by atoms with Crippen molar-refractivity contribution in [2.75, 3.05) is 10.6 Å². The Kier molecular flexibility index (Phi) is 4.78. The number of carbonyl (C=O) groups excluding carboxylic acids is 1. The van der Waals surface area contributed by atoms with Crippen LogP contribution in [-0.2, 0) is 0 Å². The van der Waals surface area contributed by atoms with Crippen LogP contribution < -0.4 is 10.6 Å². The molecule has 0 spiro atoms. The molecule has 2 N–H and O–H groups in total. The maximum absolute atomic E-state index is 13.7. The molecule has 0 saturated carbocycles. The second kappa shape index (κ2) is 7.55. The van der Waals surface area contributed by atoms with Crippen LogP contribution in [0.3, 0.4) is 0 Å². The highest BCUT2D eigenvalue weighted by molar-refractivity contribution is 6.03. The number of rotatable bonds is 4. The van der Waals surface area contributed by atoms with Crippen LogP contribution in [0.15, 0.2) is 60.8 Å². The van der Waals surface area contributed by atoms with E-state index in [4.69, 9.17) is 0 Å². The number of anilines is 3. The topological polar surface area (TPSA) is 79.8 Å². The van der Waals surface area contributed by atoms with E-state index in [0.717, 1.165) is 17.0 Å². The van der Waals surface area contributed by atoms with Crippen molar-refractivity contribution in [1.29, 1.82) is 0 Å². The fraction of sp³-hybridized carbons (Fsp3) is 0. The molecule has 29 heavy (non-hydrogen) atoms. The van der Waals surface area contributed by atoms with Crippen molar-refractivity contribution in [3.8, 4) is 0 Å². The number of nitrogens with one attached hydrogen (secondary N) is 2. The maximum Gasteiger partial charge on any atom is 0.276 e. The van der Waals surface area contributed by atoms with Crippen LogP contribution in [0, 0.1) is 17.5 Å². The Bertz CT molecular complexity index is 1210. The van der Waals surface area contributed by atoms with E-state index in [1.165, 1.54) is 12.1 Å². The van der Waals surface area contributed by atoms with E-state index in [0.29, 0.717) is 17.6 Å². The number of halogens is 3. The van der Waals surface area contributed by atoms with Crippen molar-refractivity contribution in [3.63, 3.8) is 0 Å². The summed E-state index contributed by atoms with van der Waals surface area (Å²) in [5.74, 6) is -4.97. The summed E-state index contributed by atoms with van der Waals surface area (Å²) in [5, 5.41) is 13.8. The monoisotopic (exact) mass is 395 g/mol. The van der Waals surface area contributed by atoms with E-state index in [2.05, 4.69) is 25.8 Å². The van der Waals surface area contributed by atoms with Crippen LogP contribution in [0.4, 0.5) is 30.4 Å². The Morgan fingerprint density at radius 3 is 2.45 bits per heavy atom. The first-order chi connectivity index (χ1) is 14.0. The first-order valence-corrected chi connectivity index (χ1v) is 8.42. The van der Waals surface area contributed by atoms with E-state index in [1.54, 1.807) is 6.20 Å². The summed E-state index contributed by atoms with van der Waals surface area (Å²) in [7, 11) is 0. The minimum atomic E-state index is -1.67. The van der Waals surface area contributed by atoms with Gasteiger partial charge >= 0.3 is 0 Å². The lowest BCUT2D eigenvalue weighted by Gasteiger charge is -2.09. The number of aromatic nitrogens is 3. The number of fused-ring (bicyclic) bond motifs is 1. The number of hydrogen-bond donors (Lipinski definition) is 2. The Morgan fingerprint density at radius 1 is 0.828 bits per heavy atom. The smallest absolute Gasteiger partial charge is 0.276 e. The van der Waals surface area contributed by atoms with E-state index in [9.17, 15) is 18.0 Å². The summed E-state index contributed by atoms with van der Waals surface area (Å²) in [6, 6.07) is 13.9. The normalized spacial score (nSPS) is 10.7. The van der Waals surface area contributed by atoms with Crippen LogP contribution in [-0.4, -0.2) is 21.1 Å². The van der Waals surface area contributed by atoms with E-state index in [-0.39, 0.29) is 5.69 Å². The molecule has 2 heterocycles. The lowest BCUT2D eigenvalue weighted by Crippen LogP contribution is -2.16. The largest absolute Gasteiger partial charge is 0.337 e. The average molecular weight is 395 g/mol. The summed E-state index contributed by atoms with van der Waals surface area (Å²) in [6.45, 7) is 0. The van der Waals surface area contributed by atoms with Crippen molar-refractivity contribution in [3.05, 3.63) is 83.9 Å². The number of para-hydroxylation sites is 1. The molecule has 144 valence electrons. The standard InChI is InChI=1S/C20H12F3N5O/c21-12-6-7-13(18(23)17(12)22)26-20(29)15-8-9-16(28-27-15)25-14-5-1-3-11-4-2-10-24-19(11)14/h1-10H,(H,25,28)(H,26,29). The van der Waals surface area contributed by atoms with E-state index < -0.39 is 29.0 Å². The molecule has 2 aromatic carbocycles. The SMILES string of the molecule is O=C(Nc1ccc(F)c(F)c1F)c1ccc(Nc2cccc3cccnc23)nn1.